The predicted molar refractivity (Wildman–Crippen MR) is 45.6 cm³/mol. The Bertz CT molecular complexity index is 382. The Morgan fingerprint density at radius 1 is 1.62 bits per heavy atom. The molecule has 0 unspecified atom stereocenters. The number of benzene rings is 1. The fourth-order valence-electron chi connectivity index (χ4n) is 0.920. The van der Waals surface area contributed by atoms with E-state index in [0.29, 0.717) is 0 Å². The van der Waals surface area contributed by atoms with Crippen LogP contribution in [0.4, 0.5) is 10.1 Å². The van der Waals surface area contributed by atoms with E-state index in [2.05, 4.69) is 5.92 Å². The Kier molecular flexibility index (Phi) is 2.60. The molecule has 3 nitrogen and oxygen atoms in total. The first-order valence-corrected chi connectivity index (χ1v) is 3.51. The molecule has 1 aromatic carbocycles. The quantitative estimate of drug-likeness (QED) is 0.395. The van der Waals surface area contributed by atoms with Crippen LogP contribution >= 0.6 is 0 Å². The second-order valence-electron chi connectivity index (χ2n) is 2.41. The lowest BCUT2D eigenvalue weighted by molar-refractivity contribution is -0.385. The minimum absolute atomic E-state index is 0.0630. The summed E-state index contributed by atoms with van der Waals surface area (Å²) in [4.78, 5) is 9.72. The van der Waals surface area contributed by atoms with E-state index in [0.717, 1.165) is 18.2 Å². The molecule has 0 amide bonds. The van der Waals surface area contributed by atoms with E-state index in [1.165, 1.54) is 0 Å². The highest BCUT2D eigenvalue weighted by molar-refractivity contribution is 5.36. The minimum Gasteiger partial charge on any atom is -0.258 e. The first-order chi connectivity index (χ1) is 6.15. The van der Waals surface area contributed by atoms with Crippen LogP contribution in [0.25, 0.3) is 0 Å². The summed E-state index contributed by atoms with van der Waals surface area (Å²) >= 11 is 0. The Balaban J connectivity index is 3.12. The molecule has 0 bridgehead atoms. The smallest absolute Gasteiger partial charge is 0.258 e. The molecule has 0 aromatic heterocycles. The van der Waals surface area contributed by atoms with Gasteiger partial charge in [0.05, 0.1) is 4.92 Å². The molecular weight excluding hydrogens is 173 g/mol. The first-order valence-electron chi connectivity index (χ1n) is 3.51. The summed E-state index contributed by atoms with van der Waals surface area (Å²) in [5.41, 5.74) is 0.0309. The second-order valence-corrected chi connectivity index (χ2v) is 2.41. The Labute approximate surface area is 74.3 Å². The SMILES string of the molecule is C#CCc1cc([N+](=O)[O-])ccc1F. The summed E-state index contributed by atoms with van der Waals surface area (Å²) in [5.74, 6) is 1.72. The van der Waals surface area contributed by atoms with Crippen LogP contribution in [0.3, 0.4) is 0 Å². The molecule has 0 aliphatic rings. The van der Waals surface area contributed by atoms with Gasteiger partial charge in [-0.05, 0) is 6.07 Å². The van der Waals surface area contributed by atoms with E-state index in [1.54, 1.807) is 0 Å². The van der Waals surface area contributed by atoms with Crippen LogP contribution in [-0.4, -0.2) is 4.92 Å². The number of hydrogen-bond donors (Lipinski definition) is 0. The lowest BCUT2D eigenvalue weighted by atomic mass is 10.1. The Morgan fingerprint density at radius 2 is 2.31 bits per heavy atom. The van der Waals surface area contributed by atoms with Gasteiger partial charge in [-0.25, -0.2) is 4.39 Å². The van der Waals surface area contributed by atoms with Gasteiger partial charge in [0.1, 0.15) is 5.82 Å². The Morgan fingerprint density at radius 3 is 2.85 bits per heavy atom. The fraction of sp³-hybridized carbons (Fsp3) is 0.111. The zero-order valence-electron chi connectivity index (χ0n) is 6.66. The molecule has 0 radical (unpaired) electrons. The van der Waals surface area contributed by atoms with Crippen molar-refractivity contribution in [3.8, 4) is 12.3 Å². The molecule has 1 rings (SSSR count). The van der Waals surface area contributed by atoms with E-state index < -0.39 is 10.7 Å². The van der Waals surface area contributed by atoms with Crippen molar-refractivity contribution in [2.45, 2.75) is 6.42 Å². The van der Waals surface area contributed by atoms with Crippen molar-refractivity contribution in [3.63, 3.8) is 0 Å². The fourth-order valence-corrected chi connectivity index (χ4v) is 0.920. The average molecular weight is 179 g/mol. The lowest BCUT2D eigenvalue weighted by Crippen LogP contribution is -1.93. The number of rotatable bonds is 2. The van der Waals surface area contributed by atoms with Crippen molar-refractivity contribution >= 4 is 5.69 Å². The minimum atomic E-state index is -0.584. The Hall–Kier alpha value is -1.89. The molecule has 0 saturated carbocycles. The van der Waals surface area contributed by atoms with Crippen LogP contribution in [0.2, 0.25) is 0 Å². The highest BCUT2D eigenvalue weighted by Crippen LogP contribution is 2.16. The number of hydrogen-bond acceptors (Lipinski definition) is 2. The highest BCUT2D eigenvalue weighted by atomic mass is 19.1. The average Bonchev–Trinajstić information content (AvgIpc) is 2.08. The van der Waals surface area contributed by atoms with Crippen molar-refractivity contribution in [3.05, 3.63) is 39.7 Å². The van der Waals surface area contributed by atoms with Crippen LogP contribution in [-0.2, 0) is 6.42 Å². The summed E-state index contributed by atoms with van der Waals surface area (Å²) in [6, 6.07) is 3.30. The third-order valence-electron chi connectivity index (χ3n) is 1.53. The molecule has 66 valence electrons. The summed E-state index contributed by atoms with van der Waals surface area (Å²) in [5, 5.41) is 10.3. The molecular formula is C9H6FNO2. The van der Waals surface area contributed by atoms with Gasteiger partial charge >= 0.3 is 0 Å². The number of terminal acetylenes is 1. The number of nitro groups is 1. The van der Waals surface area contributed by atoms with Crippen LogP contribution < -0.4 is 0 Å². The van der Waals surface area contributed by atoms with E-state index in [-0.39, 0.29) is 17.7 Å². The molecule has 0 heterocycles. The molecule has 1 aromatic rings. The molecule has 0 saturated heterocycles. The number of halogens is 1. The normalized spacial score (nSPS) is 9.23. The van der Waals surface area contributed by atoms with Gasteiger partial charge in [0, 0.05) is 24.1 Å². The van der Waals surface area contributed by atoms with Crippen molar-refractivity contribution < 1.29 is 9.31 Å². The number of non-ortho nitro benzene ring substituents is 1. The van der Waals surface area contributed by atoms with Crippen molar-refractivity contribution in [1.82, 2.24) is 0 Å². The maximum Gasteiger partial charge on any atom is 0.269 e. The van der Waals surface area contributed by atoms with E-state index in [1.807, 2.05) is 0 Å². The van der Waals surface area contributed by atoms with Crippen molar-refractivity contribution in [1.29, 1.82) is 0 Å². The molecule has 0 aliphatic heterocycles. The van der Waals surface area contributed by atoms with E-state index in [9.17, 15) is 14.5 Å². The van der Waals surface area contributed by atoms with Crippen LogP contribution in [0.5, 0.6) is 0 Å². The largest absolute Gasteiger partial charge is 0.269 e. The number of nitrogens with zero attached hydrogens (tertiary/aromatic N) is 1. The van der Waals surface area contributed by atoms with Crippen LogP contribution in [0, 0.1) is 28.3 Å². The highest BCUT2D eigenvalue weighted by Gasteiger charge is 2.09. The van der Waals surface area contributed by atoms with Gasteiger partial charge in [0.15, 0.2) is 0 Å². The van der Waals surface area contributed by atoms with Crippen LogP contribution in [0.15, 0.2) is 18.2 Å². The zero-order valence-corrected chi connectivity index (χ0v) is 6.66. The monoisotopic (exact) mass is 179 g/mol. The molecule has 0 spiro atoms. The molecule has 0 atom stereocenters. The van der Waals surface area contributed by atoms with Gasteiger partial charge in [0.25, 0.3) is 5.69 Å². The molecule has 13 heavy (non-hydrogen) atoms. The van der Waals surface area contributed by atoms with Crippen molar-refractivity contribution in [2.75, 3.05) is 0 Å². The third kappa shape index (κ3) is 2.03. The van der Waals surface area contributed by atoms with Gasteiger partial charge in [-0.15, -0.1) is 12.3 Å². The van der Waals surface area contributed by atoms with Crippen molar-refractivity contribution in [2.24, 2.45) is 0 Å². The topological polar surface area (TPSA) is 43.1 Å². The van der Waals surface area contributed by atoms with Gasteiger partial charge < -0.3 is 0 Å². The summed E-state index contributed by atoms with van der Waals surface area (Å²) in [6.07, 6.45) is 5.03. The molecule has 0 fully saturated rings. The second kappa shape index (κ2) is 3.68. The first kappa shape index (κ1) is 9.20. The third-order valence-corrected chi connectivity index (χ3v) is 1.53. The lowest BCUT2D eigenvalue weighted by Gasteiger charge is -1.97. The molecule has 4 heteroatoms. The zero-order chi connectivity index (χ0) is 9.84. The van der Waals surface area contributed by atoms with E-state index in [4.69, 9.17) is 6.42 Å². The van der Waals surface area contributed by atoms with Gasteiger partial charge in [0.2, 0.25) is 0 Å². The standard InChI is InChI=1S/C9H6FNO2/c1-2-3-7-6-8(11(12)13)4-5-9(7)10/h1,4-6H,3H2. The predicted octanol–water partition coefficient (Wildman–Crippen LogP) is 1.91. The van der Waals surface area contributed by atoms with Gasteiger partial charge in [-0.1, -0.05) is 0 Å². The summed E-state index contributed by atoms with van der Waals surface area (Å²) < 4.78 is 12.9. The van der Waals surface area contributed by atoms with Gasteiger partial charge in [-0.2, -0.15) is 0 Å². The maximum absolute atomic E-state index is 12.9. The van der Waals surface area contributed by atoms with Gasteiger partial charge in [-0.3, -0.25) is 10.1 Å². The maximum atomic E-state index is 12.9. The summed E-state index contributed by atoms with van der Waals surface area (Å²) in [6.45, 7) is 0. The molecule has 0 N–H and O–H groups in total. The van der Waals surface area contributed by atoms with E-state index >= 15 is 0 Å². The number of nitro benzene ring substituents is 1. The molecule has 0 aliphatic carbocycles. The summed E-state index contributed by atoms with van der Waals surface area (Å²) in [7, 11) is 0. The van der Waals surface area contributed by atoms with Crippen LogP contribution in [0.1, 0.15) is 5.56 Å².